The zero-order chi connectivity index (χ0) is 40.7. The normalized spacial score (nSPS) is 10.7. The van der Waals surface area contributed by atoms with Crippen LogP contribution in [-0.2, 0) is 79.8 Å². The smallest absolute Gasteiger partial charge is 0.373 e. The summed E-state index contributed by atoms with van der Waals surface area (Å²) in [4.78, 5) is 60.9. The van der Waals surface area contributed by atoms with E-state index in [9.17, 15) is 18.0 Å². The molecule has 0 unspecified atom stereocenters. The van der Waals surface area contributed by atoms with Crippen molar-refractivity contribution in [3.05, 3.63) is 116 Å². The first kappa shape index (κ1) is 48.5. The summed E-state index contributed by atoms with van der Waals surface area (Å²) in [6.07, 6.45) is 2.65. The van der Waals surface area contributed by atoms with Gasteiger partial charge in [0.1, 0.15) is 13.2 Å². The summed E-state index contributed by atoms with van der Waals surface area (Å²) in [5.74, 6) is -0.295. The molecular formula is C39H48O11S3. The van der Waals surface area contributed by atoms with Gasteiger partial charge in [-0.2, -0.15) is 27.6 Å². The van der Waals surface area contributed by atoms with Gasteiger partial charge in [-0.25, -0.2) is 0 Å². The largest absolute Gasteiger partial charge is 0.460 e. The Balaban J connectivity index is 0.000000807. The van der Waals surface area contributed by atoms with Crippen molar-refractivity contribution in [1.29, 1.82) is 0 Å². The highest BCUT2D eigenvalue weighted by atomic mass is 32.2. The first-order valence-corrected chi connectivity index (χ1v) is 19.6. The number of rotatable bonds is 10. The van der Waals surface area contributed by atoms with E-state index < -0.39 is 20.9 Å². The monoisotopic (exact) mass is 788 g/mol. The number of carbonyl (C=O) groups is 2. The van der Waals surface area contributed by atoms with Crippen molar-refractivity contribution in [2.24, 2.45) is 10.8 Å². The molecule has 1 N–H and O–H groups in total. The van der Waals surface area contributed by atoms with Crippen molar-refractivity contribution in [2.75, 3.05) is 6.26 Å². The molecule has 0 aliphatic carbocycles. The summed E-state index contributed by atoms with van der Waals surface area (Å²) in [5, 5.41) is 2.03. The summed E-state index contributed by atoms with van der Waals surface area (Å²) in [7, 11) is -3.67. The van der Waals surface area contributed by atoms with E-state index in [0.29, 0.717) is 25.9 Å². The number of benzene rings is 2. The fourth-order valence-corrected chi connectivity index (χ4v) is 6.37. The van der Waals surface area contributed by atoms with Gasteiger partial charge < -0.3 is 9.47 Å². The van der Waals surface area contributed by atoms with Gasteiger partial charge in [-0.1, -0.05) is 87.5 Å². The van der Waals surface area contributed by atoms with Gasteiger partial charge in [-0.15, -0.1) is 22.7 Å². The van der Waals surface area contributed by atoms with E-state index in [2.05, 4.69) is 39.0 Å². The first-order chi connectivity index (χ1) is 24.6. The Morgan fingerprint density at radius 2 is 1.02 bits per heavy atom. The molecule has 0 saturated heterocycles. The number of carbonyl (C=O) groups excluding carboxylic acids is 6. The Morgan fingerprint density at radius 1 is 0.642 bits per heavy atom. The van der Waals surface area contributed by atoms with Crippen LogP contribution in [0.1, 0.15) is 74.2 Å². The maximum atomic E-state index is 12.4. The van der Waals surface area contributed by atoms with Crippen LogP contribution in [0.25, 0.3) is 0 Å². The molecule has 0 atom stereocenters. The van der Waals surface area contributed by atoms with Crippen LogP contribution >= 0.6 is 22.7 Å². The lowest BCUT2D eigenvalue weighted by atomic mass is 9.88. The van der Waals surface area contributed by atoms with Crippen LogP contribution in [0.4, 0.5) is 0 Å². The second kappa shape index (κ2) is 23.9. The molecular weight excluding hydrogens is 741 g/mol. The predicted molar refractivity (Wildman–Crippen MR) is 202 cm³/mol. The fraction of sp³-hybridized carbons (Fsp3) is 0.385. The summed E-state index contributed by atoms with van der Waals surface area (Å²) < 4.78 is 36.8. The number of thiophene rings is 2. The second-order valence-corrected chi connectivity index (χ2v) is 17.4. The van der Waals surface area contributed by atoms with Crippen LogP contribution in [-0.4, -0.2) is 43.5 Å². The molecule has 4 rings (SSSR count). The van der Waals surface area contributed by atoms with Gasteiger partial charge in [0.2, 0.25) is 0 Å². The highest BCUT2D eigenvalue weighted by Gasteiger charge is 2.31. The van der Waals surface area contributed by atoms with Crippen LogP contribution in [0.5, 0.6) is 0 Å². The standard InChI is InChI=1S/C20H26O2S.C16H18O2S.CH4O3S.2CO2/c1-19(2,3)17-12-11-16(23-17)13-20(4,5)18(21)22-14-15-9-7-6-8-10-15;1-16(2,11-14-9-6-10-19-14)15(17)18-12-13-7-4-3-5-8-13;1-5(2,3)4;2*2-1-3/h6-12H,13-14H2,1-5H3;3-10H,11-12H2,1-2H3;1H3,(H,2,3,4);;. The Hall–Kier alpha value is -4.55. The number of hydrogen-bond donors (Lipinski definition) is 1. The molecule has 2 heterocycles. The zero-order valence-corrected chi connectivity index (χ0v) is 33.7. The molecule has 0 aliphatic rings. The van der Waals surface area contributed by atoms with Crippen molar-refractivity contribution >= 4 is 57.0 Å². The van der Waals surface area contributed by atoms with E-state index in [1.807, 2.05) is 99.8 Å². The number of ether oxygens (including phenoxy) is 2. The first-order valence-electron chi connectivity index (χ1n) is 16.0. The van der Waals surface area contributed by atoms with Crippen molar-refractivity contribution < 1.29 is 51.2 Å². The minimum Gasteiger partial charge on any atom is -0.460 e. The molecule has 14 heteroatoms. The van der Waals surface area contributed by atoms with Crippen molar-refractivity contribution in [3.8, 4) is 0 Å². The molecule has 0 fully saturated rings. The Labute approximate surface area is 320 Å². The summed E-state index contributed by atoms with van der Waals surface area (Å²) in [6.45, 7) is 15.1. The topological polar surface area (TPSA) is 175 Å². The van der Waals surface area contributed by atoms with Crippen molar-refractivity contribution in [1.82, 2.24) is 0 Å². The number of hydrogen-bond acceptors (Lipinski definition) is 12. The lowest BCUT2D eigenvalue weighted by Crippen LogP contribution is -2.28. The maximum Gasteiger partial charge on any atom is 0.373 e. The lowest BCUT2D eigenvalue weighted by Gasteiger charge is -2.22. The Bertz CT molecular complexity index is 1790. The lowest BCUT2D eigenvalue weighted by molar-refractivity contribution is -0.193. The third kappa shape index (κ3) is 22.9. The van der Waals surface area contributed by atoms with Gasteiger partial charge in [0.25, 0.3) is 10.1 Å². The van der Waals surface area contributed by atoms with E-state index in [-0.39, 0.29) is 29.7 Å². The van der Waals surface area contributed by atoms with Crippen LogP contribution < -0.4 is 0 Å². The molecule has 11 nitrogen and oxygen atoms in total. The van der Waals surface area contributed by atoms with Crippen LogP contribution in [0.2, 0.25) is 0 Å². The van der Waals surface area contributed by atoms with E-state index in [0.717, 1.165) is 17.5 Å². The van der Waals surface area contributed by atoms with Gasteiger partial charge >= 0.3 is 24.2 Å². The van der Waals surface area contributed by atoms with Crippen molar-refractivity contribution in [3.63, 3.8) is 0 Å². The highest BCUT2D eigenvalue weighted by Crippen LogP contribution is 2.33. The Kier molecular flexibility index (Phi) is 21.8. The minimum atomic E-state index is -3.67. The molecule has 4 aromatic rings. The van der Waals surface area contributed by atoms with E-state index in [1.165, 1.54) is 14.6 Å². The average Bonchev–Trinajstić information content (AvgIpc) is 3.76. The molecule has 0 spiro atoms. The molecule has 0 aliphatic heterocycles. The molecule has 288 valence electrons. The summed E-state index contributed by atoms with van der Waals surface area (Å²) >= 11 is 3.46. The molecule has 0 bridgehead atoms. The average molecular weight is 789 g/mol. The summed E-state index contributed by atoms with van der Waals surface area (Å²) in [5.41, 5.74) is 1.18. The van der Waals surface area contributed by atoms with Crippen molar-refractivity contribution in [2.45, 2.75) is 79.9 Å². The Morgan fingerprint density at radius 3 is 1.34 bits per heavy atom. The third-order valence-electron chi connectivity index (χ3n) is 6.74. The SMILES string of the molecule is CC(C)(Cc1ccc(C(C)(C)C)s1)C(=O)OCc1ccccc1.CC(C)(Cc1cccs1)C(=O)OCc1ccccc1.CS(=O)(=O)O.O=C=O.O=C=O. The zero-order valence-electron chi connectivity index (χ0n) is 31.2. The van der Waals surface area contributed by atoms with Crippen LogP contribution in [0.15, 0.2) is 90.3 Å². The highest BCUT2D eigenvalue weighted by molar-refractivity contribution is 7.85. The van der Waals surface area contributed by atoms with Gasteiger partial charge in [0, 0.05) is 14.6 Å². The molecule has 0 radical (unpaired) electrons. The summed E-state index contributed by atoms with van der Waals surface area (Å²) in [6, 6.07) is 27.9. The van der Waals surface area contributed by atoms with Crippen LogP contribution in [0.3, 0.4) is 0 Å². The predicted octanol–water partition coefficient (Wildman–Crippen LogP) is 7.75. The molecule has 2 aromatic carbocycles. The quantitative estimate of drug-likeness (QED) is 0.123. The third-order valence-corrected chi connectivity index (χ3v) is 9.13. The van der Waals surface area contributed by atoms with Gasteiger partial charge in [-0.3, -0.25) is 14.1 Å². The van der Waals surface area contributed by atoms with Gasteiger partial charge in [-0.05, 0) is 80.7 Å². The molecule has 0 saturated carbocycles. The van der Waals surface area contributed by atoms with Gasteiger partial charge in [0.15, 0.2) is 0 Å². The van der Waals surface area contributed by atoms with E-state index in [4.69, 9.17) is 33.2 Å². The van der Waals surface area contributed by atoms with Gasteiger partial charge in [0.05, 0.1) is 17.1 Å². The molecule has 53 heavy (non-hydrogen) atoms. The minimum absolute atomic E-state index is 0.146. The van der Waals surface area contributed by atoms with E-state index in [1.54, 1.807) is 22.7 Å². The molecule has 2 aromatic heterocycles. The fourth-order valence-electron chi connectivity index (χ4n) is 4.14. The maximum absolute atomic E-state index is 12.4. The molecule has 0 amide bonds. The second-order valence-electron chi connectivity index (χ2n) is 13.7. The van der Waals surface area contributed by atoms with Crippen LogP contribution in [0, 0.1) is 10.8 Å². The number of esters is 2. The van der Waals surface area contributed by atoms with E-state index >= 15 is 0 Å².